The summed E-state index contributed by atoms with van der Waals surface area (Å²) in [5, 5.41) is 9.72. The number of H-pyrrole nitrogens is 1. The molecule has 2 atom stereocenters. The molecule has 2 heterocycles. The molecule has 1 aromatic carbocycles. The van der Waals surface area contributed by atoms with E-state index < -0.39 is 39.5 Å². The maximum atomic E-state index is 13.4. The molecule has 9 nitrogen and oxygen atoms in total. The lowest BCUT2D eigenvalue weighted by Gasteiger charge is -2.22. The zero-order valence-corrected chi connectivity index (χ0v) is 21.1. The van der Waals surface area contributed by atoms with Crippen molar-refractivity contribution < 1.29 is 22.8 Å². The Bertz CT molecular complexity index is 1130. The molecule has 190 valence electrons. The van der Waals surface area contributed by atoms with E-state index in [0.29, 0.717) is 6.54 Å². The van der Waals surface area contributed by atoms with E-state index in [9.17, 15) is 22.8 Å². The van der Waals surface area contributed by atoms with Gasteiger partial charge in [0.15, 0.2) is 5.78 Å². The average molecular weight is 503 g/mol. The second-order valence-corrected chi connectivity index (χ2v) is 11.2. The molecule has 35 heavy (non-hydrogen) atoms. The first kappa shape index (κ1) is 26.7. The number of sulfonamides is 1. The number of aromatic amines is 1. The minimum atomic E-state index is -3.94. The lowest BCUT2D eigenvalue weighted by molar-refractivity contribution is -0.141. The first-order valence-electron chi connectivity index (χ1n) is 12.1. The molecule has 0 fully saturated rings. The van der Waals surface area contributed by atoms with Gasteiger partial charge in [-0.1, -0.05) is 38.5 Å². The second kappa shape index (κ2) is 12.2. The average Bonchev–Trinajstić information content (AvgIpc) is 3.26. The summed E-state index contributed by atoms with van der Waals surface area (Å²) in [6.45, 7) is 4.18. The van der Waals surface area contributed by atoms with Crippen LogP contribution in [0.3, 0.4) is 0 Å². The third-order valence-electron chi connectivity index (χ3n) is 6.15. The molecular weight excluding hydrogens is 468 g/mol. The van der Waals surface area contributed by atoms with Crippen molar-refractivity contribution in [3.05, 3.63) is 47.8 Å². The number of amides is 1. The molecule has 0 spiro atoms. The van der Waals surface area contributed by atoms with Crippen molar-refractivity contribution in [2.75, 3.05) is 6.54 Å². The number of benzene rings is 1. The summed E-state index contributed by atoms with van der Waals surface area (Å²) in [5.41, 5.74) is 1.70. The predicted octanol–water partition coefficient (Wildman–Crippen LogP) is 2.33. The Balaban J connectivity index is 1.84. The van der Waals surface area contributed by atoms with Gasteiger partial charge in [-0.25, -0.2) is 13.1 Å². The summed E-state index contributed by atoms with van der Waals surface area (Å²) in [7, 11) is -3.94. The van der Waals surface area contributed by atoms with Crippen molar-refractivity contribution in [2.45, 2.75) is 69.7 Å². The SMILES string of the molecule is CC(C)CC(NS(=O)(=O)c1ccccc1)C(=O)CC1Cc2cn[nH]c2CCCCCNC(=O)C1=O. The Morgan fingerprint density at radius 3 is 2.60 bits per heavy atom. The van der Waals surface area contributed by atoms with Crippen LogP contribution >= 0.6 is 0 Å². The molecule has 1 aliphatic rings. The van der Waals surface area contributed by atoms with Crippen molar-refractivity contribution >= 4 is 27.5 Å². The van der Waals surface area contributed by atoms with E-state index in [1.165, 1.54) is 12.1 Å². The summed E-state index contributed by atoms with van der Waals surface area (Å²) < 4.78 is 28.4. The van der Waals surface area contributed by atoms with Crippen LogP contribution in [0.2, 0.25) is 0 Å². The van der Waals surface area contributed by atoms with Gasteiger partial charge in [-0.2, -0.15) is 5.10 Å². The molecule has 10 heteroatoms. The monoisotopic (exact) mass is 502 g/mol. The molecule has 2 aromatic rings. The zero-order chi connectivity index (χ0) is 25.4. The summed E-state index contributed by atoms with van der Waals surface area (Å²) >= 11 is 0. The first-order valence-corrected chi connectivity index (χ1v) is 13.6. The van der Waals surface area contributed by atoms with E-state index in [-0.39, 0.29) is 30.1 Å². The van der Waals surface area contributed by atoms with Gasteiger partial charge in [0.25, 0.3) is 5.91 Å². The van der Waals surface area contributed by atoms with E-state index >= 15 is 0 Å². The molecule has 0 aliphatic carbocycles. The van der Waals surface area contributed by atoms with Gasteiger partial charge in [0, 0.05) is 24.6 Å². The standard InChI is InChI=1S/C25H34N4O5S/c1-17(2)13-22(29-35(33,34)20-9-5-3-6-10-20)23(30)15-18-14-19-16-27-28-21(19)11-7-4-8-12-26-25(32)24(18)31/h3,5-6,9-10,16-18,22,29H,4,7-8,11-15H2,1-2H3,(H,26,32)(H,27,28). The quantitative estimate of drug-likeness (QED) is 0.474. The molecule has 1 amide bonds. The van der Waals surface area contributed by atoms with E-state index in [1.54, 1.807) is 24.4 Å². The van der Waals surface area contributed by atoms with Crippen LogP contribution in [0.5, 0.6) is 0 Å². The summed E-state index contributed by atoms with van der Waals surface area (Å²) in [6.07, 6.45) is 5.19. The van der Waals surface area contributed by atoms with Crippen molar-refractivity contribution in [3.8, 4) is 0 Å². The number of carbonyl (C=O) groups excluding carboxylic acids is 3. The molecule has 0 saturated carbocycles. The van der Waals surface area contributed by atoms with Crippen molar-refractivity contribution in [2.24, 2.45) is 11.8 Å². The van der Waals surface area contributed by atoms with E-state index in [2.05, 4.69) is 20.2 Å². The molecule has 1 aromatic heterocycles. The zero-order valence-electron chi connectivity index (χ0n) is 20.2. The van der Waals surface area contributed by atoms with Gasteiger partial charge in [-0.15, -0.1) is 0 Å². The van der Waals surface area contributed by atoms with Crippen LogP contribution < -0.4 is 10.0 Å². The Morgan fingerprint density at radius 2 is 1.89 bits per heavy atom. The third-order valence-corrected chi connectivity index (χ3v) is 7.64. The summed E-state index contributed by atoms with van der Waals surface area (Å²) in [5.74, 6) is -2.67. The van der Waals surface area contributed by atoms with E-state index in [4.69, 9.17) is 0 Å². The van der Waals surface area contributed by atoms with Gasteiger partial charge in [-0.3, -0.25) is 19.5 Å². The fourth-order valence-electron chi connectivity index (χ4n) is 4.29. The number of rotatable bonds is 8. The summed E-state index contributed by atoms with van der Waals surface area (Å²) in [6, 6.07) is 6.83. The molecule has 3 N–H and O–H groups in total. The van der Waals surface area contributed by atoms with Crippen LogP contribution in [0.15, 0.2) is 41.4 Å². The van der Waals surface area contributed by atoms with Gasteiger partial charge in [0.05, 0.1) is 17.1 Å². The number of nitrogens with zero attached hydrogens (tertiary/aromatic N) is 1. The molecule has 0 bridgehead atoms. The Morgan fingerprint density at radius 1 is 1.14 bits per heavy atom. The maximum absolute atomic E-state index is 13.4. The molecule has 0 saturated heterocycles. The minimum absolute atomic E-state index is 0.0261. The van der Waals surface area contributed by atoms with Crippen LogP contribution in [0.1, 0.15) is 57.2 Å². The number of nitrogens with one attached hydrogen (secondary N) is 3. The highest BCUT2D eigenvalue weighted by atomic mass is 32.2. The number of fused-ring (bicyclic) bond motifs is 1. The number of carbonyl (C=O) groups is 3. The predicted molar refractivity (Wildman–Crippen MR) is 131 cm³/mol. The van der Waals surface area contributed by atoms with Gasteiger partial charge in [0.1, 0.15) is 0 Å². The topological polar surface area (TPSA) is 138 Å². The van der Waals surface area contributed by atoms with Crippen molar-refractivity contribution in [1.82, 2.24) is 20.2 Å². The highest BCUT2D eigenvalue weighted by Crippen LogP contribution is 2.21. The first-order chi connectivity index (χ1) is 16.7. The Hall–Kier alpha value is -2.85. The number of hydrogen-bond donors (Lipinski definition) is 3. The Labute approximate surface area is 206 Å². The number of ketones is 2. The second-order valence-electron chi connectivity index (χ2n) is 9.49. The number of aryl methyl sites for hydroxylation is 1. The molecule has 0 radical (unpaired) electrons. The number of Topliss-reactive ketones (excluding diaryl/α,β-unsaturated/α-hetero) is 2. The van der Waals surface area contributed by atoms with Gasteiger partial charge >= 0.3 is 0 Å². The van der Waals surface area contributed by atoms with E-state index in [0.717, 1.165) is 36.9 Å². The maximum Gasteiger partial charge on any atom is 0.287 e. The smallest absolute Gasteiger partial charge is 0.287 e. The number of hydrogen-bond acceptors (Lipinski definition) is 6. The van der Waals surface area contributed by atoms with Crippen molar-refractivity contribution in [1.29, 1.82) is 0 Å². The van der Waals surface area contributed by atoms with Gasteiger partial charge < -0.3 is 5.32 Å². The fourth-order valence-corrected chi connectivity index (χ4v) is 5.54. The normalized spacial score (nSPS) is 18.8. The minimum Gasteiger partial charge on any atom is -0.349 e. The highest BCUT2D eigenvalue weighted by Gasteiger charge is 2.33. The Kier molecular flexibility index (Phi) is 9.33. The lowest BCUT2D eigenvalue weighted by Crippen LogP contribution is -2.44. The van der Waals surface area contributed by atoms with Crippen LogP contribution in [-0.4, -0.2) is 48.7 Å². The van der Waals surface area contributed by atoms with E-state index in [1.807, 2.05) is 13.8 Å². The van der Waals surface area contributed by atoms with Gasteiger partial charge in [0.2, 0.25) is 15.8 Å². The number of aromatic nitrogens is 2. The molecule has 3 rings (SSSR count). The van der Waals surface area contributed by atoms with Gasteiger partial charge in [-0.05, 0) is 55.7 Å². The van der Waals surface area contributed by atoms with Crippen molar-refractivity contribution in [3.63, 3.8) is 0 Å². The third kappa shape index (κ3) is 7.57. The lowest BCUT2D eigenvalue weighted by atomic mass is 9.86. The molecule has 2 unspecified atom stereocenters. The molecule has 1 aliphatic heterocycles. The van der Waals surface area contributed by atoms with Crippen LogP contribution in [0, 0.1) is 11.8 Å². The summed E-state index contributed by atoms with van der Waals surface area (Å²) in [4.78, 5) is 39.0. The fraction of sp³-hybridized carbons (Fsp3) is 0.520. The van der Waals surface area contributed by atoms with Crippen LogP contribution in [0.25, 0.3) is 0 Å². The van der Waals surface area contributed by atoms with Crippen LogP contribution in [0.4, 0.5) is 0 Å². The van der Waals surface area contributed by atoms with Crippen LogP contribution in [-0.2, 0) is 37.2 Å². The largest absolute Gasteiger partial charge is 0.349 e. The molecular formula is C25H34N4O5S. The highest BCUT2D eigenvalue weighted by molar-refractivity contribution is 7.89.